The molecule has 2 aromatic carbocycles. The van der Waals surface area contributed by atoms with Crippen molar-refractivity contribution in [3.8, 4) is 5.75 Å². The van der Waals surface area contributed by atoms with E-state index in [2.05, 4.69) is 10.6 Å². The van der Waals surface area contributed by atoms with E-state index in [1.165, 1.54) is 11.3 Å². The van der Waals surface area contributed by atoms with E-state index in [1.54, 1.807) is 31.4 Å². The SMILES string of the molecule is COc1ccc(NC(=O)CNC(=O)c2sc3ccccc3c2Cl)cc1. The molecule has 2 amide bonds. The summed E-state index contributed by atoms with van der Waals surface area (Å²) in [5.74, 6) is 0.0116. The first-order valence-electron chi connectivity index (χ1n) is 7.47. The molecule has 0 aliphatic carbocycles. The van der Waals surface area contributed by atoms with E-state index in [1.807, 2.05) is 24.3 Å². The molecule has 1 heterocycles. The molecule has 0 fully saturated rings. The number of carbonyl (C=O) groups excluding carboxylic acids is 2. The van der Waals surface area contributed by atoms with Crippen LogP contribution in [0.1, 0.15) is 9.67 Å². The number of methoxy groups -OCH3 is 1. The van der Waals surface area contributed by atoms with E-state index >= 15 is 0 Å². The molecular formula is C18H15ClN2O3S. The third-order valence-corrected chi connectivity index (χ3v) is 5.20. The molecule has 5 nitrogen and oxygen atoms in total. The van der Waals surface area contributed by atoms with Gasteiger partial charge in [0.25, 0.3) is 5.91 Å². The number of ether oxygens (including phenoxy) is 1. The summed E-state index contributed by atoms with van der Waals surface area (Å²) in [5, 5.41) is 6.54. The van der Waals surface area contributed by atoms with Gasteiger partial charge in [0.1, 0.15) is 10.6 Å². The molecule has 0 aliphatic rings. The summed E-state index contributed by atoms with van der Waals surface area (Å²) >= 11 is 7.56. The summed E-state index contributed by atoms with van der Waals surface area (Å²) in [4.78, 5) is 24.7. The summed E-state index contributed by atoms with van der Waals surface area (Å²) < 4.78 is 5.99. The molecule has 7 heteroatoms. The summed E-state index contributed by atoms with van der Waals surface area (Å²) in [6.07, 6.45) is 0. The lowest BCUT2D eigenvalue weighted by atomic mass is 10.2. The number of hydrogen-bond acceptors (Lipinski definition) is 4. The van der Waals surface area contributed by atoms with Crippen molar-refractivity contribution in [2.45, 2.75) is 0 Å². The molecule has 0 saturated carbocycles. The van der Waals surface area contributed by atoms with Crippen molar-refractivity contribution in [3.05, 3.63) is 58.4 Å². The van der Waals surface area contributed by atoms with Gasteiger partial charge in [-0.3, -0.25) is 9.59 Å². The molecule has 0 atom stereocenters. The number of nitrogens with one attached hydrogen (secondary N) is 2. The Kier molecular flexibility index (Phi) is 5.21. The first-order chi connectivity index (χ1) is 12.1. The first-order valence-corrected chi connectivity index (χ1v) is 8.67. The highest BCUT2D eigenvalue weighted by Gasteiger charge is 2.17. The van der Waals surface area contributed by atoms with Gasteiger partial charge in [0.05, 0.1) is 18.7 Å². The smallest absolute Gasteiger partial charge is 0.263 e. The van der Waals surface area contributed by atoms with Gasteiger partial charge in [-0.25, -0.2) is 0 Å². The van der Waals surface area contributed by atoms with Crippen molar-refractivity contribution in [2.75, 3.05) is 19.0 Å². The Morgan fingerprint density at radius 3 is 2.52 bits per heavy atom. The van der Waals surface area contributed by atoms with E-state index in [0.29, 0.717) is 21.3 Å². The number of hydrogen-bond donors (Lipinski definition) is 2. The fourth-order valence-corrected chi connectivity index (χ4v) is 3.71. The van der Waals surface area contributed by atoms with Crippen LogP contribution in [-0.2, 0) is 4.79 Å². The number of anilines is 1. The lowest BCUT2D eigenvalue weighted by Crippen LogP contribution is -2.32. The van der Waals surface area contributed by atoms with Crippen molar-refractivity contribution < 1.29 is 14.3 Å². The lowest BCUT2D eigenvalue weighted by Gasteiger charge is -2.07. The quantitative estimate of drug-likeness (QED) is 0.711. The zero-order valence-electron chi connectivity index (χ0n) is 13.3. The highest BCUT2D eigenvalue weighted by atomic mass is 35.5. The number of halogens is 1. The van der Waals surface area contributed by atoms with E-state index in [-0.39, 0.29) is 18.4 Å². The molecule has 3 aromatic rings. The Morgan fingerprint density at radius 1 is 1.12 bits per heavy atom. The minimum absolute atomic E-state index is 0.143. The Morgan fingerprint density at radius 2 is 1.84 bits per heavy atom. The summed E-state index contributed by atoms with van der Waals surface area (Å²) in [6, 6.07) is 14.4. The van der Waals surface area contributed by atoms with Crippen LogP contribution in [-0.4, -0.2) is 25.5 Å². The Balaban J connectivity index is 1.60. The van der Waals surface area contributed by atoms with Crippen molar-refractivity contribution in [2.24, 2.45) is 0 Å². The van der Waals surface area contributed by atoms with Gasteiger partial charge in [0.2, 0.25) is 5.91 Å². The second-order valence-electron chi connectivity index (χ2n) is 5.20. The largest absolute Gasteiger partial charge is 0.497 e. The number of thiophene rings is 1. The summed E-state index contributed by atoms with van der Waals surface area (Å²) in [5.41, 5.74) is 0.625. The van der Waals surface area contributed by atoms with Crippen LogP contribution in [0.25, 0.3) is 10.1 Å². The van der Waals surface area contributed by atoms with Crippen LogP contribution in [0.15, 0.2) is 48.5 Å². The first kappa shape index (κ1) is 17.3. The maximum Gasteiger partial charge on any atom is 0.263 e. The second-order valence-corrected chi connectivity index (χ2v) is 6.63. The molecule has 0 bridgehead atoms. The van der Waals surface area contributed by atoms with Crippen LogP contribution in [0.4, 0.5) is 5.69 Å². The Labute approximate surface area is 153 Å². The van der Waals surface area contributed by atoms with Crippen LogP contribution in [0.3, 0.4) is 0 Å². The fourth-order valence-electron chi connectivity index (χ4n) is 2.28. The zero-order valence-corrected chi connectivity index (χ0v) is 14.9. The molecular weight excluding hydrogens is 360 g/mol. The minimum Gasteiger partial charge on any atom is -0.497 e. The predicted octanol–water partition coefficient (Wildman–Crippen LogP) is 3.93. The van der Waals surface area contributed by atoms with Crippen molar-refractivity contribution >= 4 is 50.5 Å². The Hall–Kier alpha value is -2.57. The van der Waals surface area contributed by atoms with Crippen LogP contribution in [0.2, 0.25) is 5.02 Å². The monoisotopic (exact) mass is 374 g/mol. The van der Waals surface area contributed by atoms with Gasteiger partial charge in [-0.05, 0) is 30.3 Å². The number of benzene rings is 2. The third kappa shape index (κ3) is 3.92. The van der Waals surface area contributed by atoms with Crippen LogP contribution in [0, 0.1) is 0 Å². The third-order valence-electron chi connectivity index (χ3n) is 3.52. The molecule has 0 radical (unpaired) electrons. The zero-order chi connectivity index (χ0) is 17.8. The Bertz CT molecular complexity index is 922. The van der Waals surface area contributed by atoms with Crippen LogP contribution >= 0.6 is 22.9 Å². The van der Waals surface area contributed by atoms with Gasteiger partial charge in [0.15, 0.2) is 0 Å². The number of amides is 2. The minimum atomic E-state index is -0.365. The van der Waals surface area contributed by atoms with Crippen molar-refractivity contribution in [1.82, 2.24) is 5.32 Å². The maximum atomic E-state index is 12.3. The lowest BCUT2D eigenvalue weighted by molar-refractivity contribution is -0.115. The number of fused-ring (bicyclic) bond motifs is 1. The van der Waals surface area contributed by atoms with Gasteiger partial charge in [-0.2, -0.15) is 0 Å². The molecule has 0 spiro atoms. The van der Waals surface area contributed by atoms with Gasteiger partial charge < -0.3 is 15.4 Å². The normalized spacial score (nSPS) is 10.5. The predicted molar refractivity (Wildman–Crippen MR) is 101 cm³/mol. The maximum absolute atomic E-state index is 12.3. The highest BCUT2D eigenvalue weighted by Crippen LogP contribution is 2.34. The fraction of sp³-hybridized carbons (Fsp3) is 0.111. The standard InChI is InChI=1S/C18H15ClN2O3S/c1-24-12-8-6-11(7-9-12)21-15(22)10-20-18(23)17-16(19)13-4-2-3-5-14(13)25-17/h2-9H,10H2,1H3,(H,20,23)(H,21,22). The average molecular weight is 375 g/mol. The molecule has 0 aliphatic heterocycles. The molecule has 25 heavy (non-hydrogen) atoms. The van der Waals surface area contributed by atoms with Gasteiger partial charge in [-0.1, -0.05) is 29.8 Å². The molecule has 128 valence electrons. The van der Waals surface area contributed by atoms with E-state index in [4.69, 9.17) is 16.3 Å². The van der Waals surface area contributed by atoms with Crippen molar-refractivity contribution in [1.29, 1.82) is 0 Å². The molecule has 0 saturated heterocycles. The number of rotatable bonds is 5. The molecule has 0 unspecified atom stereocenters. The van der Waals surface area contributed by atoms with Crippen molar-refractivity contribution in [3.63, 3.8) is 0 Å². The molecule has 2 N–H and O–H groups in total. The van der Waals surface area contributed by atoms with Gasteiger partial charge in [0, 0.05) is 15.8 Å². The van der Waals surface area contributed by atoms with Gasteiger partial charge in [-0.15, -0.1) is 11.3 Å². The average Bonchev–Trinajstić information content (AvgIpc) is 2.97. The summed E-state index contributed by atoms with van der Waals surface area (Å²) in [7, 11) is 1.57. The topological polar surface area (TPSA) is 67.4 Å². The van der Waals surface area contributed by atoms with Gasteiger partial charge >= 0.3 is 0 Å². The van der Waals surface area contributed by atoms with Crippen LogP contribution in [0.5, 0.6) is 5.75 Å². The highest BCUT2D eigenvalue weighted by molar-refractivity contribution is 7.21. The van der Waals surface area contributed by atoms with E-state index in [0.717, 1.165) is 10.1 Å². The van der Waals surface area contributed by atoms with Crippen LogP contribution < -0.4 is 15.4 Å². The number of carbonyl (C=O) groups is 2. The van der Waals surface area contributed by atoms with E-state index in [9.17, 15) is 9.59 Å². The molecule has 1 aromatic heterocycles. The second kappa shape index (κ2) is 7.55. The molecule has 3 rings (SSSR count). The van der Waals surface area contributed by atoms with E-state index < -0.39 is 0 Å². The summed E-state index contributed by atoms with van der Waals surface area (Å²) in [6.45, 7) is -0.143.